The summed E-state index contributed by atoms with van der Waals surface area (Å²) in [6.07, 6.45) is 3.81. The normalized spacial score (nSPS) is 16.4. The molecule has 0 radical (unpaired) electrons. The molecule has 1 fully saturated rings. The van der Waals surface area contributed by atoms with E-state index in [-0.39, 0.29) is 0 Å². The number of hydrogen-bond acceptors (Lipinski definition) is 1. The van der Waals surface area contributed by atoms with Crippen LogP contribution in [0.15, 0.2) is 109 Å². The fraction of sp³-hybridized carbons (Fsp3) is 0.200. The van der Waals surface area contributed by atoms with Crippen LogP contribution in [0.5, 0.6) is 0 Å². The van der Waals surface area contributed by atoms with Gasteiger partial charge < -0.3 is 5.32 Å². The van der Waals surface area contributed by atoms with E-state index in [0.717, 1.165) is 6.54 Å². The van der Waals surface area contributed by atoms with Crippen LogP contribution in [0, 0.1) is 0 Å². The highest BCUT2D eigenvalue weighted by molar-refractivity contribution is 5.65. The van der Waals surface area contributed by atoms with Gasteiger partial charge in [-0.25, -0.2) is 0 Å². The van der Waals surface area contributed by atoms with Crippen molar-refractivity contribution in [2.24, 2.45) is 0 Å². The lowest BCUT2D eigenvalue weighted by Gasteiger charge is -2.32. The van der Waals surface area contributed by atoms with Gasteiger partial charge in [0.15, 0.2) is 0 Å². The molecule has 0 saturated carbocycles. The zero-order chi connectivity index (χ0) is 20.9. The molecule has 1 nitrogen and oxygen atoms in total. The molecule has 1 heteroatoms. The van der Waals surface area contributed by atoms with Gasteiger partial charge in [0.25, 0.3) is 0 Å². The van der Waals surface area contributed by atoms with E-state index in [9.17, 15) is 0 Å². The van der Waals surface area contributed by atoms with E-state index in [1.54, 1.807) is 0 Å². The Morgan fingerprint density at radius 1 is 0.516 bits per heavy atom. The lowest BCUT2D eigenvalue weighted by atomic mass is 9.81. The third-order valence-electron chi connectivity index (χ3n) is 6.50. The Bertz CT molecular complexity index is 994. The highest BCUT2D eigenvalue weighted by Crippen LogP contribution is 2.34. The van der Waals surface area contributed by atoms with Crippen molar-refractivity contribution in [3.8, 4) is 22.3 Å². The van der Waals surface area contributed by atoms with Gasteiger partial charge in [0, 0.05) is 12.0 Å². The monoisotopic (exact) mass is 403 g/mol. The van der Waals surface area contributed by atoms with Crippen molar-refractivity contribution < 1.29 is 0 Å². The van der Waals surface area contributed by atoms with Crippen molar-refractivity contribution in [2.75, 3.05) is 6.54 Å². The van der Waals surface area contributed by atoms with E-state index >= 15 is 0 Å². The lowest BCUT2D eigenvalue weighted by Crippen LogP contribution is -2.39. The summed E-state index contributed by atoms with van der Waals surface area (Å²) < 4.78 is 0. The Morgan fingerprint density at radius 2 is 0.968 bits per heavy atom. The zero-order valence-corrected chi connectivity index (χ0v) is 17.9. The van der Waals surface area contributed by atoms with E-state index in [4.69, 9.17) is 0 Å². The molecule has 0 aromatic heterocycles. The molecule has 1 heterocycles. The second kappa shape index (κ2) is 9.32. The summed E-state index contributed by atoms with van der Waals surface area (Å²) in [6.45, 7) is 1.12. The first-order chi connectivity index (χ1) is 15.4. The lowest BCUT2D eigenvalue weighted by molar-refractivity contribution is 0.372. The topological polar surface area (TPSA) is 12.0 Å². The number of benzene rings is 4. The second-order valence-corrected chi connectivity index (χ2v) is 8.51. The quantitative estimate of drug-likeness (QED) is 0.369. The van der Waals surface area contributed by atoms with Crippen LogP contribution in [0.25, 0.3) is 22.3 Å². The predicted molar refractivity (Wildman–Crippen MR) is 131 cm³/mol. The Labute approximate surface area is 185 Å². The molecule has 1 saturated heterocycles. The van der Waals surface area contributed by atoms with E-state index < -0.39 is 0 Å². The minimum Gasteiger partial charge on any atom is -0.313 e. The van der Waals surface area contributed by atoms with E-state index in [2.05, 4.69) is 115 Å². The van der Waals surface area contributed by atoms with Crippen molar-refractivity contribution in [3.05, 3.63) is 120 Å². The number of rotatable bonds is 5. The predicted octanol–water partition coefficient (Wildman–Crippen LogP) is 7.29. The Kier molecular flexibility index (Phi) is 5.95. The van der Waals surface area contributed by atoms with Gasteiger partial charge in [0.2, 0.25) is 0 Å². The smallest absolute Gasteiger partial charge is 0.0243 e. The van der Waals surface area contributed by atoms with E-state index in [0.29, 0.717) is 12.0 Å². The van der Waals surface area contributed by atoms with Gasteiger partial charge in [0.1, 0.15) is 0 Å². The van der Waals surface area contributed by atoms with Crippen LogP contribution in [0.4, 0.5) is 0 Å². The number of hydrogen-bond donors (Lipinski definition) is 1. The highest BCUT2D eigenvalue weighted by Gasteiger charge is 2.26. The molecule has 5 rings (SSSR count). The first-order valence-electron chi connectivity index (χ1n) is 11.4. The van der Waals surface area contributed by atoms with Gasteiger partial charge in [-0.05, 0) is 52.8 Å². The van der Waals surface area contributed by atoms with Gasteiger partial charge in [-0.3, -0.25) is 0 Å². The maximum atomic E-state index is 3.81. The van der Waals surface area contributed by atoms with Crippen LogP contribution >= 0.6 is 0 Å². The van der Waals surface area contributed by atoms with E-state index in [1.165, 1.54) is 52.6 Å². The first-order valence-corrected chi connectivity index (χ1v) is 11.4. The summed E-state index contributed by atoms with van der Waals surface area (Å²) in [5.41, 5.74) is 7.89. The van der Waals surface area contributed by atoms with Crippen LogP contribution in [0.1, 0.15) is 36.3 Å². The standard InChI is InChI=1S/C30H29N/c1-3-9-23(10-4-1)25-14-18-27(19-15-25)30(29-13-7-8-22-31-29)28-20-16-26(17-21-28)24-11-5-2-6-12-24/h1-6,9-12,14-21,29-31H,7-8,13,22H2/t29-/m0/s1. The summed E-state index contributed by atoms with van der Waals surface area (Å²) in [4.78, 5) is 0. The summed E-state index contributed by atoms with van der Waals surface area (Å²) in [5.74, 6) is 0.370. The molecule has 0 bridgehead atoms. The van der Waals surface area contributed by atoms with Gasteiger partial charge in [0.05, 0.1) is 0 Å². The zero-order valence-electron chi connectivity index (χ0n) is 17.9. The molecule has 154 valence electrons. The molecular formula is C30H29N. The largest absolute Gasteiger partial charge is 0.313 e. The minimum atomic E-state index is 0.370. The van der Waals surface area contributed by atoms with Crippen LogP contribution in [0.3, 0.4) is 0 Å². The van der Waals surface area contributed by atoms with Crippen molar-refractivity contribution in [3.63, 3.8) is 0 Å². The molecule has 4 aromatic carbocycles. The van der Waals surface area contributed by atoms with E-state index in [1.807, 2.05) is 0 Å². The Morgan fingerprint density at radius 3 is 1.39 bits per heavy atom. The molecule has 0 spiro atoms. The molecule has 1 N–H and O–H groups in total. The molecule has 1 aliphatic heterocycles. The molecule has 31 heavy (non-hydrogen) atoms. The van der Waals surface area contributed by atoms with Gasteiger partial charge in [-0.1, -0.05) is 116 Å². The summed E-state index contributed by atoms with van der Waals surface area (Å²) in [6, 6.07) is 40.2. The Balaban J connectivity index is 1.47. The molecule has 4 aromatic rings. The van der Waals surface area contributed by atoms with Crippen LogP contribution in [-0.2, 0) is 0 Å². The summed E-state index contributed by atoms with van der Waals surface area (Å²) >= 11 is 0. The van der Waals surface area contributed by atoms with Crippen molar-refractivity contribution in [1.82, 2.24) is 5.32 Å². The summed E-state index contributed by atoms with van der Waals surface area (Å²) in [5, 5.41) is 3.81. The third-order valence-corrected chi connectivity index (χ3v) is 6.50. The minimum absolute atomic E-state index is 0.370. The van der Waals surface area contributed by atoms with Crippen LogP contribution in [0.2, 0.25) is 0 Å². The van der Waals surface area contributed by atoms with Crippen molar-refractivity contribution >= 4 is 0 Å². The molecule has 0 amide bonds. The fourth-order valence-electron chi connectivity index (χ4n) is 4.85. The number of nitrogens with one attached hydrogen (secondary N) is 1. The number of piperidine rings is 1. The maximum absolute atomic E-state index is 3.81. The molecule has 0 aliphatic carbocycles. The van der Waals surface area contributed by atoms with Crippen molar-refractivity contribution in [2.45, 2.75) is 31.2 Å². The van der Waals surface area contributed by atoms with Crippen LogP contribution in [-0.4, -0.2) is 12.6 Å². The highest BCUT2D eigenvalue weighted by atomic mass is 14.9. The molecular weight excluding hydrogens is 374 g/mol. The first kappa shape index (κ1) is 19.8. The third kappa shape index (κ3) is 4.47. The average molecular weight is 404 g/mol. The van der Waals surface area contributed by atoms with Gasteiger partial charge >= 0.3 is 0 Å². The maximum Gasteiger partial charge on any atom is 0.0243 e. The summed E-state index contributed by atoms with van der Waals surface area (Å²) in [7, 11) is 0. The molecule has 1 atom stereocenters. The second-order valence-electron chi connectivity index (χ2n) is 8.51. The Hall–Kier alpha value is -3.16. The van der Waals surface area contributed by atoms with Gasteiger partial charge in [-0.2, -0.15) is 0 Å². The molecule has 0 unspecified atom stereocenters. The van der Waals surface area contributed by atoms with Crippen LogP contribution < -0.4 is 5.32 Å². The SMILES string of the molecule is c1ccc(-c2ccc(C(c3ccc(-c4ccccc4)cc3)[C@@H]3CCCCN3)cc2)cc1. The van der Waals surface area contributed by atoms with Gasteiger partial charge in [-0.15, -0.1) is 0 Å². The van der Waals surface area contributed by atoms with Crippen molar-refractivity contribution in [1.29, 1.82) is 0 Å². The average Bonchev–Trinajstić information content (AvgIpc) is 2.87. The fourth-order valence-corrected chi connectivity index (χ4v) is 4.85. The molecule has 1 aliphatic rings.